The number of benzene rings is 1. The Balaban J connectivity index is 1.52. The number of aromatic nitrogens is 1. The second-order valence-electron chi connectivity index (χ2n) is 5.77. The molecule has 1 N–H and O–H groups in total. The highest BCUT2D eigenvalue weighted by Crippen LogP contribution is 2.22. The van der Waals surface area contributed by atoms with E-state index in [2.05, 4.69) is 27.3 Å². The molecule has 0 saturated carbocycles. The molecule has 0 radical (unpaired) electrons. The summed E-state index contributed by atoms with van der Waals surface area (Å²) >= 11 is 0. The minimum absolute atomic E-state index is 0.203. The summed E-state index contributed by atoms with van der Waals surface area (Å²) in [6.45, 7) is 2.67. The third kappa shape index (κ3) is 3.51. The van der Waals surface area contributed by atoms with Crippen molar-refractivity contribution in [1.82, 2.24) is 9.88 Å². The summed E-state index contributed by atoms with van der Waals surface area (Å²) < 4.78 is 53.0. The number of rotatable bonds is 5. The molecule has 1 aliphatic heterocycles. The van der Waals surface area contributed by atoms with Crippen LogP contribution in [0.4, 0.5) is 23.2 Å². The standard InChI is InChI=1S/C17H17F4N3/c18-13-15(14(19)17(21)23-16(13)20)22-7-3-8-24-9-6-11-4-1-2-5-12(11)10-24/h1-2,4-5H,3,6-10H2,(H,22,23). The van der Waals surface area contributed by atoms with Crippen LogP contribution in [0, 0.1) is 23.5 Å². The highest BCUT2D eigenvalue weighted by atomic mass is 19.2. The van der Waals surface area contributed by atoms with Crippen molar-refractivity contribution in [3.63, 3.8) is 0 Å². The maximum atomic E-state index is 13.5. The van der Waals surface area contributed by atoms with Crippen LogP contribution in [0.5, 0.6) is 0 Å². The first-order valence-electron chi connectivity index (χ1n) is 7.79. The van der Waals surface area contributed by atoms with Gasteiger partial charge in [0.25, 0.3) is 11.9 Å². The van der Waals surface area contributed by atoms with Gasteiger partial charge in [0.15, 0.2) is 0 Å². The highest BCUT2D eigenvalue weighted by Gasteiger charge is 2.20. The van der Waals surface area contributed by atoms with E-state index in [4.69, 9.17) is 0 Å². The van der Waals surface area contributed by atoms with Crippen LogP contribution in [0.25, 0.3) is 0 Å². The fraction of sp³-hybridized carbons (Fsp3) is 0.353. The van der Waals surface area contributed by atoms with Crippen LogP contribution in [0.1, 0.15) is 17.5 Å². The molecular weight excluding hydrogens is 322 g/mol. The average Bonchev–Trinajstić information content (AvgIpc) is 2.59. The van der Waals surface area contributed by atoms with Gasteiger partial charge in [0.1, 0.15) is 5.69 Å². The maximum Gasteiger partial charge on any atom is 0.253 e. The molecule has 1 aromatic carbocycles. The van der Waals surface area contributed by atoms with Crippen LogP contribution in [-0.2, 0) is 13.0 Å². The van der Waals surface area contributed by atoms with E-state index in [1.807, 2.05) is 12.1 Å². The number of fused-ring (bicyclic) bond motifs is 1. The fourth-order valence-electron chi connectivity index (χ4n) is 2.90. The van der Waals surface area contributed by atoms with Crippen molar-refractivity contribution >= 4 is 5.69 Å². The first-order valence-corrected chi connectivity index (χ1v) is 7.79. The van der Waals surface area contributed by atoms with Gasteiger partial charge in [-0.3, -0.25) is 4.90 Å². The van der Waals surface area contributed by atoms with E-state index < -0.39 is 29.2 Å². The van der Waals surface area contributed by atoms with Crippen LogP contribution in [-0.4, -0.2) is 29.5 Å². The van der Waals surface area contributed by atoms with Gasteiger partial charge < -0.3 is 5.32 Å². The molecule has 24 heavy (non-hydrogen) atoms. The van der Waals surface area contributed by atoms with Crippen LogP contribution in [0.3, 0.4) is 0 Å². The summed E-state index contributed by atoms with van der Waals surface area (Å²) in [4.78, 5) is 4.77. The van der Waals surface area contributed by atoms with E-state index in [0.29, 0.717) is 6.42 Å². The molecule has 2 aromatic rings. The predicted molar refractivity (Wildman–Crippen MR) is 82.6 cm³/mol. The largest absolute Gasteiger partial charge is 0.380 e. The quantitative estimate of drug-likeness (QED) is 0.513. The first-order chi connectivity index (χ1) is 11.6. The van der Waals surface area contributed by atoms with Gasteiger partial charge in [-0.2, -0.15) is 22.5 Å². The molecule has 0 spiro atoms. The maximum absolute atomic E-state index is 13.5. The normalized spacial score (nSPS) is 14.5. The molecule has 0 unspecified atom stereocenters. The summed E-state index contributed by atoms with van der Waals surface area (Å²) in [6, 6.07) is 8.23. The zero-order valence-corrected chi connectivity index (χ0v) is 13.0. The second-order valence-corrected chi connectivity index (χ2v) is 5.77. The molecule has 0 saturated heterocycles. The van der Waals surface area contributed by atoms with Crippen molar-refractivity contribution in [3.05, 3.63) is 58.9 Å². The Morgan fingerprint density at radius 1 is 1.00 bits per heavy atom. The van der Waals surface area contributed by atoms with Crippen LogP contribution >= 0.6 is 0 Å². The number of hydrogen-bond acceptors (Lipinski definition) is 3. The van der Waals surface area contributed by atoms with E-state index in [1.165, 1.54) is 11.1 Å². The lowest BCUT2D eigenvalue weighted by Crippen LogP contribution is -2.32. The van der Waals surface area contributed by atoms with Gasteiger partial charge in [0.2, 0.25) is 11.6 Å². The van der Waals surface area contributed by atoms with Gasteiger partial charge in [-0.1, -0.05) is 24.3 Å². The monoisotopic (exact) mass is 339 g/mol. The highest BCUT2D eigenvalue weighted by molar-refractivity contribution is 5.45. The number of hydrogen-bond donors (Lipinski definition) is 1. The third-order valence-corrected chi connectivity index (χ3v) is 4.16. The SMILES string of the molecule is Fc1nc(F)c(F)c(NCCCN2CCc3ccccc3C2)c1F. The van der Waals surface area contributed by atoms with Gasteiger partial charge >= 0.3 is 0 Å². The molecule has 0 aliphatic carbocycles. The lowest BCUT2D eigenvalue weighted by atomic mass is 10.00. The van der Waals surface area contributed by atoms with Gasteiger partial charge in [0, 0.05) is 26.2 Å². The molecule has 0 fully saturated rings. The van der Waals surface area contributed by atoms with E-state index in [-0.39, 0.29) is 6.54 Å². The first kappa shape index (κ1) is 16.7. The number of nitrogens with zero attached hydrogens (tertiary/aromatic N) is 2. The van der Waals surface area contributed by atoms with Crippen molar-refractivity contribution in [3.8, 4) is 0 Å². The average molecular weight is 339 g/mol. The molecule has 0 bridgehead atoms. The van der Waals surface area contributed by atoms with Crippen molar-refractivity contribution in [2.75, 3.05) is 25.0 Å². The molecule has 1 aliphatic rings. The summed E-state index contributed by atoms with van der Waals surface area (Å²) in [6.07, 6.45) is 1.56. The molecule has 2 heterocycles. The van der Waals surface area contributed by atoms with Crippen molar-refractivity contribution in [2.45, 2.75) is 19.4 Å². The lowest BCUT2D eigenvalue weighted by Gasteiger charge is -2.28. The molecule has 3 nitrogen and oxygen atoms in total. The molecule has 1 aromatic heterocycles. The van der Waals surface area contributed by atoms with Gasteiger partial charge in [-0.15, -0.1) is 0 Å². The van der Waals surface area contributed by atoms with Crippen molar-refractivity contribution in [2.24, 2.45) is 0 Å². The summed E-state index contributed by atoms with van der Waals surface area (Å²) in [5.74, 6) is -6.30. The fourth-order valence-corrected chi connectivity index (χ4v) is 2.90. The number of halogens is 4. The number of nitrogens with one attached hydrogen (secondary N) is 1. The van der Waals surface area contributed by atoms with Crippen molar-refractivity contribution in [1.29, 1.82) is 0 Å². The summed E-state index contributed by atoms with van der Waals surface area (Å²) in [7, 11) is 0. The lowest BCUT2D eigenvalue weighted by molar-refractivity contribution is 0.253. The number of pyridine rings is 1. The van der Waals surface area contributed by atoms with Gasteiger partial charge in [-0.05, 0) is 24.0 Å². The third-order valence-electron chi connectivity index (χ3n) is 4.16. The Labute approximate surface area is 137 Å². The molecule has 128 valence electrons. The zero-order valence-electron chi connectivity index (χ0n) is 13.0. The Morgan fingerprint density at radius 2 is 1.67 bits per heavy atom. The van der Waals surface area contributed by atoms with E-state index in [0.717, 1.165) is 26.1 Å². The Hall–Kier alpha value is -2.15. The summed E-state index contributed by atoms with van der Waals surface area (Å²) in [5, 5.41) is 2.42. The minimum Gasteiger partial charge on any atom is -0.380 e. The van der Waals surface area contributed by atoms with E-state index in [1.54, 1.807) is 0 Å². The topological polar surface area (TPSA) is 28.2 Å². The van der Waals surface area contributed by atoms with Crippen molar-refractivity contribution < 1.29 is 17.6 Å². The molecule has 0 atom stereocenters. The number of anilines is 1. The molecule has 0 amide bonds. The molecule has 3 rings (SSSR count). The van der Waals surface area contributed by atoms with Gasteiger partial charge in [-0.25, -0.2) is 0 Å². The zero-order chi connectivity index (χ0) is 17.1. The molecule has 7 heteroatoms. The Kier molecular flexibility index (Phi) is 4.99. The second kappa shape index (κ2) is 7.17. The van der Waals surface area contributed by atoms with E-state index in [9.17, 15) is 17.6 Å². The predicted octanol–water partition coefficient (Wildman–Crippen LogP) is 3.50. The Bertz CT molecular complexity index is 710. The smallest absolute Gasteiger partial charge is 0.253 e. The minimum atomic E-state index is -1.65. The summed E-state index contributed by atoms with van der Waals surface area (Å²) in [5.41, 5.74) is 1.83. The van der Waals surface area contributed by atoms with Crippen LogP contribution in [0.15, 0.2) is 24.3 Å². The molecular formula is C17H17F4N3. The van der Waals surface area contributed by atoms with Crippen LogP contribution < -0.4 is 5.32 Å². The van der Waals surface area contributed by atoms with Crippen LogP contribution in [0.2, 0.25) is 0 Å². The Morgan fingerprint density at radius 3 is 2.38 bits per heavy atom. The van der Waals surface area contributed by atoms with Gasteiger partial charge in [0.05, 0.1) is 0 Å². The van der Waals surface area contributed by atoms with E-state index >= 15 is 0 Å².